The van der Waals surface area contributed by atoms with E-state index in [1.165, 1.54) is 25.0 Å². The van der Waals surface area contributed by atoms with Gasteiger partial charge in [0.1, 0.15) is 11.4 Å². The van der Waals surface area contributed by atoms with Gasteiger partial charge in [0.15, 0.2) is 5.82 Å². The van der Waals surface area contributed by atoms with Gasteiger partial charge in [-0.2, -0.15) is 0 Å². The van der Waals surface area contributed by atoms with Crippen LogP contribution in [0.1, 0.15) is 61.6 Å². The van der Waals surface area contributed by atoms with E-state index in [4.69, 9.17) is 0 Å². The summed E-state index contributed by atoms with van der Waals surface area (Å²) in [6.45, 7) is 2.35. The van der Waals surface area contributed by atoms with Gasteiger partial charge in [-0.3, -0.25) is 9.59 Å². The molecule has 3 aromatic rings. The molecule has 7 heteroatoms. The van der Waals surface area contributed by atoms with E-state index in [-0.39, 0.29) is 30.2 Å². The van der Waals surface area contributed by atoms with Crippen LogP contribution in [0, 0.1) is 5.82 Å². The van der Waals surface area contributed by atoms with Crippen LogP contribution >= 0.6 is 0 Å². The Morgan fingerprint density at radius 2 is 1.79 bits per heavy atom. The minimum Gasteiger partial charge on any atom is -0.351 e. The number of amides is 2. The number of halogens is 1. The average Bonchev–Trinajstić information content (AvgIpc) is 2.98. The highest BCUT2D eigenvalue weighted by atomic mass is 19.1. The van der Waals surface area contributed by atoms with E-state index in [0.717, 1.165) is 42.3 Å². The molecule has 0 saturated heterocycles. The van der Waals surface area contributed by atoms with E-state index < -0.39 is 5.54 Å². The lowest BCUT2D eigenvalue weighted by Gasteiger charge is -2.44. The number of rotatable bonds is 4. The monoisotopic (exact) mass is 448 g/mol. The molecule has 1 unspecified atom stereocenters. The summed E-state index contributed by atoms with van der Waals surface area (Å²) in [7, 11) is 0. The molecule has 1 atom stereocenters. The number of para-hydroxylation sites is 2. The van der Waals surface area contributed by atoms with Crippen LogP contribution in [0.5, 0.6) is 0 Å². The molecule has 2 aromatic carbocycles. The lowest BCUT2D eigenvalue weighted by atomic mass is 9.93. The molecule has 5 rings (SSSR count). The van der Waals surface area contributed by atoms with Crippen LogP contribution in [-0.4, -0.2) is 37.8 Å². The number of nitrogens with zero attached hydrogens (tertiary/aromatic N) is 3. The van der Waals surface area contributed by atoms with Crippen LogP contribution < -0.4 is 5.32 Å². The maximum Gasteiger partial charge on any atom is 0.291 e. The predicted octanol–water partition coefficient (Wildman–Crippen LogP) is 4.43. The Morgan fingerprint density at radius 3 is 2.52 bits per heavy atom. The van der Waals surface area contributed by atoms with Crippen molar-refractivity contribution in [1.29, 1.82) is 0 Å². The lowest BCUT2D eigenvalue weighted by Crippen LogP contribution is -2.64. The van der Waals surface area contributed by atoms with Gasteiger partial charge in [0.25, 0.3) is 5.91 Å². The van der Waals surface area contributed by atoms with Crippen molar-refractivity contribution in [2.24, 2.45) is 0 Å². The second kappa shape index (κ2) is 8.61. The predicted molar refractivity (Wildman–Crippen MR) is 124 cm³/mol. The molecule has 2 heterocycles. The Bertz CT molecular complexity index is 1180. The molecule has 0 radical (unpaired) electrons. The molecule has 1 N–H and O–H groups in total. The molecular formula is C26H29FN4O2. The summed E-state index contributed by atoms with van der Waals surface area (Å²) in [5.74, 6) is -0.439. The Balaban J connectivity index is 1.53. The maximum absolute atomic E-state index is 13.8. The van der Waals surface area contributed by atoms with E-state index in [0.29, 0.717) is 12.4 Å². The van der Waals surface area contributed by atoms with Gasteiger partial charge in [0.2, 0.25) is 5.91 Å². The summed E-state index contributed by atoms with van der Waals surface area (Å²) in [6, 6.07) is 13.8. The normalized spacial score (nSPS) is 21.6. The van der Waals surface area contributed by atoms with Gasteiger partial charge in [-0.1, -0.05) is 49.9 Å². The van der Waals surface area contributed by atoms with Crippen LogP contribution in [0.4, 0.5) is 4.39 Å². The Labute approximate surface area is 192 Å². The van der Waals surface area contributed by atoms with E-state index in [1.54, 1.807) is 17.0 Å². The van der Waals surface area contributed by atoms with Crippen LogP contribution in [0.2, 0.25) is 0 Å². The second-order valence-corrected chi connectivity index (χ2v) is 9.46. The van der Waals surface area contributed by atoms with Crippen molar-refractivity contribution < 1.29 is 14.0 Å². The first kappa shape index (κ1) is 21.6. The number of fused-ring (bicyclic) bond motifs is 3. The molecule has 6 nitrogen and oxygen atoms in total. The lowest BCUT2D eigenvalue weighted by molar-refractivity contribution is -0.134. The van der Waals surface area contributed by atoms with Gasteiger partial charge in [0, 0.05) is 12.6 Å². The van der Waals surface area contributed by atoms with Gasteiger partial charge in [-0.15, -0.1) is 0 Å². The van der Waals surface area contributed by atoms with Gasteiger partial charge in [-0.25, -0.2) is 9.37 Å². The van der Waals surface area contributed by atoms with Crippen molar-refractivity contribution in [2.45, 2.75) is 70.1 Å². The van der Waals surface area contributed by atoms with Crippen LogP contribution in [0.15, 0.2) is 48.5 Å². The molecule has 33 heavy (non-hydrogen) atoms. The zero-order valence-corrected chi connectivity index (χ0v) is 18.9. The molecule has 1 aliphatic carbocycles. The first-order valence-corrected chi connectivity index (χ1v) is 11.8. The molecule has 0 bridgehead atoms. The third-order valence-electron chi connectivity index (χ3n) is 7.09. The van der Waals surface area contributed by atoms with E-state index in [9.17, 15) is 14.0 Å². The Hall–Kier alpha value is -3.22. The number of nitrogens with one attached hydrogen (secondary N) is 1. The number of hydrogen-bond acceptors (Lipinski definition) is 3. The van der Waals surface area contributed by atoms with E-state index in [2.05, 4.69) is 10.3 Å². The highest BCUT2D eigenvalue weighted by Gasteiger charge is 2.48. The third kappa shape index (κ3) is 4.01. The highest BCUT2D eigenvalue weighted by Crippen LogP contribution is 2.32. The summed E-state index contributed by atoms with van der Waals surface area (Å²) in [5, 5.41) is 3.26. The summed E-state index contributed by atoms with van der Waals surface area (Å²) < 4.78 is 15.3. The molecule has 0 spiro atoms. The van der Waals surface area contributed by atoms with Gasteiger partial charge < -0.3 is 14.8 Å². The highest BCUT2D eigenvalue weighted by molar-refractivity contribution is 6.01. The van der Waals surface area contributed by atoms with Crippen molar-refractivity contribution >= 4 is 22.8 Å². The fourth-order valence-electron chi connectivity index (χ4n) is 5.11. The number of carbonyl (C=O) groups is 2. The number of imidazole rings is 1. The maximum atomic E-state index is 13.8. The smallest absolute Gasteiger partial charge is 0.291 e. The fourth-order valence-corrected chi connectivity index (χ4v) is 5.11. The van der Waals surface area contributed by atoms with Crippen molar-refractivity contribution in [1.82, 2.24) is 19.8 Å². The quantitative estimate of drug-likeness (QED) is 0.601. The number of hydrogen-bond donors (Lipinski definition) is 1. The molecule has 1 saturated carbocycles. The molecule has 1 aliphatic heterocycles. The Morgan fingerprint density at radius 1 is 1.09 bits per heavy atom. The minimum atomic E-state index is -1.10. The Kier molecular flexibility index (Phi) is 5.64. The summed E-state index contributed by atoms with van der Waals surface area (Å²) >= 11 is 0. The van der Waals surface area contributed by atoms with Crippen molar-refractivity contribution in [3.8, 4) is 0 Å². The SMILES string of the molecule is CC1(C(=O)NC2CCCCCC2)Cn2c(nc3ccccc32)C(=O)N1Cc1ccc(F)cc1. The first-order valence-electron chi connectivity index (χ1n) is 11.8. The zero-order chi connectivity index (χ0) is 23.0. The minimum absolute atomic E-state index is 0.125. The number of aromatic nitrogens is 2. The first-order chi connectivity index (χ1) is 16.0. The number of carbonyl (C=O) groups excluding carboxylic acids is 2. The standard InChI is InChI=1S/C26H29FN4O2/c1-26(25(33)28-20-8-4-2-3-5-9-20)17-30-22-11-7-6-10-21(22)29-23(30)24(32)31(26)16-18-12-14-19(27)15-13-18/h6-7,10-15,20H,2-5,8-9,16-17H2,1H3,(H,28,33). The largest absolute Gasteiger partial charge is 0.351 e. The molecule has 1 fully saturated rings. The van der Waals surface area contributed by atoms with E-state index in [1.807, 2.05) is 35.8 Å². The number of benzene rings is 2. The fraction of sp³-hybridized carbons (Fsp3) is 0.423. The second-order valence-electron chi connectivity index (χ2n) is 9.46. The van der Waals surface area contributed by atoms with E-state index >= 15 is 0 Å². The van der Waals surface area contributed by atoms with Crippen LogP contribution in [-0.2, 0) is 17.9 Å². The third-order valence-corrected chi connectivity index (χ3v) is 7.09. The van der Waals surface area contributed by atoms with Gasteiger partial charge >= 0.3 is 0 Å². The molecule has 2 aliphatic rings. The molecule has 2 amide bonds. The summed E-state index contributed by atoms with van der Waals surface area (Å²) in [5.41, 5.74) is 1.24. The summed E-state index contributed by atoms with van der Waals surface area (Å²) in [6.07, 6.45) is 6.54. The van der Waals surface area contributed by atoms with Crippen LogP contribution in [0.25, 0.3) is 11.0 Å². The van der Waals surface area contributed by atoms with Gasteiger partial charge in [0.05, 0.1) is 17.6 Å². The molecule has 1 aromatic heterocycles. The van der Waals surface area contributed by atoms with Crippen LogP contribution in [0.3, 0.4) is 0 Å². The molecular weight excluding hydrogens is 419 g/mol. The average molecular weight is 449 g/mol. The van der Waals surface area contributed by atoms with Crippen molar-refractivity contribution in [3.63, 3.8) is 0 Å². The molecule has 172 valence electrons. The van der Waals surface area contributed by atoms with Crippen molar-refractivity contribution in [3.05, 3.63) is 65.7 Å². The zero-order valence-electron chi connectivity index (χ0n) is 18.9. The summed E-state index contributed by atoms with van der Waals surface area (Å²) in [4.78, 5) is 33.7. The van der Waals surface area contributed by atoms with Gasteiger partial charge in [-0.05, 0) is 49.6 Å². The topological polar surface area (TPSA) is 67.2 Å². The van der Waals surface area contributed by atoms with Crippen molar-refractivity contribution in [2.75, 3.05) is 0 Å².